The molecule has 6 nitrogen and oxygen atoms in total. The van der Waals surface area contributed by atoms with Crippen LogP contribution in [0.5, 0.6) is 0 Å². The number of carboxylic acid groups (broad SMARTS) is 1. The predicted molar refractivity (Wildman–Crippen MR) is 42.3 cm³/mol. The molecule has 0 aromatic heterocycles. The summed E-state index contributed by atoms with van der Waals surface area (Å²) in [5, 5.41) is 18.2. The molecule has 2 saturated heterocycles. The minimum atomic E-state index is -1.26. The molecule has 0 amide bonds. The van der Waals surface area contributed by atoms with E-state index in [2.05, 4.69) is 0 Å². The van der Waals surface area contributed by atoms with Crippen LogP contribution in [0.4, 0.5) is 0 Å². The van der Waals surface area contributed by atoms with Gasteiger partial charge < -0.3 is 24.4 Å². The van der Waals surface area contributed by atoms with E-state index in [1.807, 2.05) is 0 Å². The smallest absolute Gasteiger partial charge is 0.335 e. The molecule has 0 unspecified atom stereocenters. The van der Waals surface area contributed by atoms with E-state index < -0.39 is 36.4 Å². The monoisotopic (exact) mass is 204 g/mol. The predicted octanol–water partition coefficient (Wildman–Crippen LogP) is -0.692. The number of carbonyl (C=O) groups is 1. The van der Waals surface area contributed by atoms with Gasteiger partial charge in [0.1, 0.15) is 12.2 Å². The zero-order valence-corrected chi connectivity index (χ0v) is 7.84. The van der Waals surface area contributed by atoms with Crippen molar-refractivity contribution in [3.63, 3.8) is 0 Å². The number of fused-ring (bicyclic) bond motifs is 1. The third kappa shape index (κ3) is 1.40. The van der Waals surface area contributed by atoms with E-state index in [4.69, 9.17) is 19.3 Å². The van der Waals surface area contributed by atoms with Gasteiger partial charge in [0.05, 0.1) is 0 Å². The molecule has 0 aliphatic carbocycles. The van der Waals surface area contributed by atoms with Crippen LogP contribution in [0.15, 0.2) is 0 Å². The number of rotatable bonds is 1. The molecule has 0 spiro atoms. The summed E-state index contributed by atoms with van der Waals surface area (Å²) in [6.07, 6.45) is -3.95. The van der Waals surface area contributed by atoms with Gasteiger partial charge in [0.2, 0.25) is 0 Å². The van der Waals surface area contributed by atoms with Crippen LogP contribution in [0.25, 0.3) is 0 Å². The Morgan fingerprint density at radius 1 is 1.36 bits per heavy atom. The second-order valence-corrected chi connectivity index (χ2v) is 3.85. The maximum Gasteiger partial charge on any atom is 0.335 e. The molecule has 2 fully saturated rings. The molecule has 0 saturated carbocycles. The second-order valence-electron chi connectivity index (χ2n) is 3.85. The standard InChI is InChI=1S/C8H12O6/c1-8(2)13-5-3(9)4(6(10)11)12-7(5)14-8/h3-5,7,9H,1-2H3,(H,10,11)/t3-,4-,5+,7+/m0/s1. The lowest BCUT2D eigenvalue weighted by Gasteiger charge is -2.21. The van der Waals surface area contributed by atoms with Gasteiger partial charge in [0, 0.05) is 0 Å². The molecule has 2 N–H and O–H groups in total. The fourth-order valence-electron chi connectivity index (χ4n) is 1.70. The Labute approximate surface area is 80.4 Å². The van der Waals surface area contributed by atoms with E-state index in [9.17, 15) is 9.90 Å². The number of hydrogen-bond acceptors (Lipinski definition) is 5. The molecule has 0 aromatic carbocycles. The molecular weight excluding hydrogens is 192 g/mol. The molecule has 80 valence electrons. The van der Waals surface area contributed by atoms with Crippen molar-refractivity contribution in [3.05, 3.63) is 0 Å². The molecule has 0 radical (unpaired) electrons. The average molecular weight is 204 g/mol. The maximum absolute atomic E-state index is 10.6. The zero-order valence-electron chi connectivity index (χ0n) is 7.84. The van der Waals surface area contributed by atoms with Gasteiger partial charge in [-0.1, -0.05) is 0 Å². The highest BCUT2D eigenvalue weighted by atomic mass is 16.8. The van der Waals surface area contributed by atoms with E-state index in [1.54, 1.807) is 13.8 Å². The number of aliphatic hydroxyl groups is 1. The van der Waals surface area contributed by atoms with Gasteiger partial charge in [0.15, 0.2) is 18.2 Å². The van der Waals surface area contributed by atoms with Gasteiger partial charge in [0.25, 0.3) is 0 Å². The lowest BCUT2D eigenvalue weighted by molar-refractivity contribution is -0.219. The minimum absolute atomic E-state index is 0.717. The van der Waals surface area contributed by atoms with E-state index in [0.29, 0.717) is 0 Å². The Balaban J connectivity index is 2.11. The van der Waals surface area contributed by atoms with Gasteiger partial charge in [-0.05, 0) is 13.8 Å². The van der Waals surface area contributed by atoms with Crippen molar-refractivity contribution in [3.8, 4) is 0 Å². The van der Waals surface area contributed by atoms with Gasteiger partial charge in [-0.25, -0.2) is 4.79 Å². The first-order chi connectivity index (χ1) is 6.41. The molecule has 2 aliphatic rings. The van der Waals surface area contributed by atoms with E-state index in [1.165, 1.54) is 0 Å². The molecule has 2 aliphatic heterocycles. The molecule has 0 aromatic rings. The van der Waals surface area contributed by atoms with Crippen LogP contribution in [-0.2, 0) is 19.0 Å². The molecule has 2 heterocycles. The first-order valence-electron chi connectivity index (χ1n) is 4.33. The SMILES string of the molecule is CC1(C)O[C@H]2O[C@H](C(=O)O)[C@H](O)[C@H]2O1. The summed E-state index contributed by atoms with van der Waals surface area (Å²) >= 11 is 0. The van der Waals surface area contributed by atoms with E-state index >= 15 is 0 Å². The summed E-state index contributed by atoms with van der Waals surface area (Å²) < 4.78 is 15.6. The van der Waals surface area contributed by atoms with Gasteiger partial charge in [-0.15, -0.1) is 0 Å². The minimum Gasteiger partial charge on any atom is -0.479 e. The van der Waals surface area contributed by atoms with Crippen molar-refractivity contribution in [2.75, 3.05) is 0 Å². The summed E-state index contributed by atoms with van der Waals surface area (Å²) in [6, 6.07) is 0. The van der Waals surface area contributed by atoms with Crippen LogP contribution in [0.1, 0.15) is 13.8 Å². The number of hydrogen-bond donors (Lipinski definition) is 2. The summed E-state index contributed by atoms with van der Waals surface area (Å²) in [5.74, 6) is -2.04. The Bertz CT molecular complexity index is 263. The van der Waals surface area contributed by atoms with Gasteiger partial charge >= 0.3 is 5.97 Å². The van der Waals surface area contributed by atoms with Crippen LogP contribution in [-0.4, -0.2) is 46.6 Å². The fourth-order valence-corrected chi connectivity index (χ4v) is 1.70. The van der Waals surface area contributed by atoms with E-state index in [-0.39, 0.29) is 0 Å². The third-order valence-electron chi connectivity index (χ3n) is 2.26. The van der Waals surface area contributed by atoms with Crippen molar-refractivity contribution in [1.82, 2.24) is 0 Å². The zero-order chi connectivity index (χ0) is 10.5. The topological polar surface area (TPSA) is 85.2 Å². The van der Waals surface area contributed by atoms with E-state index in [0.717, 1.165) is 0 Å². The molecule has 6 heteroatoms. The fraction of sp³-hybridized carbons (Fsp3) is 0.875. The molecular formula is C8H12O6. The number of aliphatic carboxylic acids is 1. The Hall–Kier alpha value is -0.690. The first-order valence-corrected chi connectivity index (χ1v) is 4.33. The highest BCUT2D eigenvalue weighted by Gasteiger charge is 2.56. The lowest BCUT2D eigenvalue weighted by atomic mass is 10.1. The average Bonchev–Trinajstić information content (AvgIpc) is 2.46. The van der Waals surface area contributed by atoms with Crippen LogP contribution < -0.4 is 0 Å². The molecule has 4 atom stereocenters. The van der Waals surface area contributed by atoms with Crippen molar-refractivity contribution in [2.45, 2.75) is 44.2 Å². The summed E-state index contributed by atoms with van der Waals surface area (Å²) in [5.41, 5.74) is 0. The Morgan fingerprint density at radius 2 is 2.00 bits per heavy atom. The molecule has 2 rings (SSSR count). The van der Waals surface area contributed by atoms with Crippen molar-refractivity contribution >= 4 is 5.97 Å². The first kappa shape index (κ1) is 9.85. The number of carboxylic acids is 1. The Morgan fingerprint density at radius 3 is 2.50 bits per heavy atom. The highest BCUT2D eigenvalue weighted by molar-refractivity contribution is 5.73. The third-order valence-corrected chi connectivity index (χ3v) is 2.26. The van der Waals surface area contributed by atoms with Crippen LogP contribution >= 0.6 is 0 Å². The molecule has 0 bridgehead atoms. The number of aliphatic hydroxyl groups excluding tert-OH is 1. The van der Waals surface area contributed by atoms with Gasteiger partial charge in [-0.3, -0.25) is 0 Å². The summed E-state index contributed by atoms with van der Waals surface area (Å²) in [7, 11) is 0. The van der Waals surface area contributed by atoms with Crippen molar-refractivity contribution in [1.29, 1.82) is 0 Å². The van der Waals surface area contributed by atoms with Crippen molar-refractivity contribution < 1.29 is 29.2 Å². The normalized spacial score (nSPS) is 45.1. The maximum atomic E-state index is 10.6. The molecule has 14 heavy (non-hydrogen) atoms. The van der Waals surface area contributed by atoms with Crippen molar-refractivity contribution in [2.24, 2.45) is 0 Å². The second kappa shape index (κ2) is 2.90. The number of ether oxygens (including phenoxy) is 3. The summed E-state index contributed by atoms with van der Waals surface area (Å²) in [6.45, 7) is 3.36. The Kier molecular flexibility index (Phi) is 2.04. The lowest BCUT2D eigenvalue weighted by Crippen LogP contribution is -2.38. The summed E-state index contributed by atoms with van der Waals surface area (Å²) in [4.78, 5) is 10.6. The van der Waals surface area contributed by atoms with Gasteiger partial charge in [-0.2, -0.15) is 0 Å². The van der Waals surface area contributed by atoms with Crippen LogP contribution in [0.2, 0.25) is 0 Å². The quantitative estimate of drug-likeness (QED) is 0.588. The largest absolute Gasteiger partial charge is 0.479 e. The van der Waals surface area contributed by atoms with Crippen LogP contribution in [0, 0.1) is 0 Å². The highest BCUT2D eigenvalue weighted by Crippen LogP contribution is 2.37. The van der Waals surface area contributed by atoms with Crippen LogP contribution in [0.3, 0.4) is 0 Å².